The third-order valence-corrected chi connectivity index (χ3v) is 7.33. The van der Waals surface area contributed by atoms with Gasteiger partial charge in [-0.15, -0.1) is 0 Å². The zero-order valence-electron chi connectivity index (χ0n) is 20.4. The quantitative estimate of drug-likeness (QED) is 0.381. The number of H-pyrrole nitrogens is 1. The number of halogens is 2. The van der Waals surface area contributed by atoms with Gasteiger partial charge < -0.3 is 29.6 Å². The number of aromatic amines is 1. The fraction of sp³-hybridized carbons (Fsp3) is 0.296. The molecule has 38 heavy (non-hydrogen) atoms. The number of hydrogen-bond acceptors (Lipinski definition) is 5. The maximum absolute atomic E-state index is 14.3. The summed E-state index contributed by atoms with van der Waals surface area (Å²) < 4.78 is 35.4. The SMILES string of the molecule is CC1COc2c(F)c(F)cc3c(=O)c(C(=O)NC(CO)C(=O)N4CCc5c([nH]c6ccccc56)C4)cn1c23. The third-order valence-electron chi connectivity index (χ3n) is 7.33. The molecule has 0 radical (unpaired) electrons. The summed E-state index contributed by atoms with van der Waals surface area (Å²) in [6, 6.07) is 6.92. The number of nitrogens with zero attached hydrogens (tertiary/aromatic N) is 2. The van der Waals surface area contributed by atoms with E-state index < -0.39 is 41.5 Å². The Bertz CT molecular complexity index is 1690. The van der Waals surface area contributed by atoms with Gasteiger partial charge in [-0.1, -0.05) is 18.2 Å². The molecule has 2 aromatic carbocycles. The first-order chi connectivity index (χ1) is 18.3. The number of aliphatic hydroxyl groups excluding tert-OH is 1. The van der Waals surface area contributed by atoms with Crippen LogP contribution < -0.4 is 15.5 Å². The topological polar surface area (TPSA) is 117 Å². The van der Waals surface area contributed by atoms with Gasteiger partial charge in [0.2, 0.25) is 17.2 Å². The highest BCUT2D eigenvalue weighted by molar-refractivity contribution is 6.00. The van der Waals surface area contributed by atoms with Crippen LogP contribution in [0.1, 0.15) is 34.6 Å². The number of pyridine rings is 1. The minimum absolute atomic E-state index is 0.00879. The van der Waals surface area contributed by atoms with Crippen molar-refractivity contribution in [2.75, 3.05) is 19.8 Å². The highest BCUT2D eigenvalue weighted by Gasteiger charge is 2.32. The molecule has 196 valence electrons. The average molecular weight is 523 g/mol. The fourth-order valence-corrected chi connectivity index (χ4v) is 5.38. The van der Waals surface area contributed by atoms with Crippen LogP contribution in [0.25, 0.3) is 21.8 Å². The van der Waals surface area contributed by atoms with Crippen molar-refractivity contribution in [1.82, 2.24) is 19.8 Å². The van der Waals surface area contributed by atoms with Crippen LogP contribution >= 0.6 is 0 Å². The lowest BCUT2D eigenvalue weighted by Gasteiger charge is -2.30. The smallest absolute Gasteiger partial charge is 0.257 e. The highest BCUT2D eigenvalue weighted by atomic mass is 19.2. The Balaban J connectivity index is 1.29. The molecule has 0 spiro atoms. The van der Waals surface area contributed by atoms with Crippen LogP contribution in [-0.2, 0) is 17.8 Å². The number of amides is 2. The maximum Gasteiger partial charge on any atom is 0.257 e. The lowest BCUT2D eigenvalue weighted by molar-refractivity contribution is -0.135. The predicted molar refractivity (Wildman–Crippen MR) is 134 cm³/mol. The van der Waals surface area contributed by atoms with Gasteiger partial charge in [0, 0.05) is 29.3 Å². The predicted octanol–water partition coefficient (Wildman–Crippen LogP) is 2.39. The summed E-state index contributed by atoms with van der Waals surface area (Å²) in [5.74, 6) is -4.26. The Hall–Kier alpha value is -4.25. The van der Waals surface area contributed by atoms with Crippen LogP contribution in [0, 0.1) is 11.6 Å². The van der Waals surface area contributed by atoms with E-state index in [0.29, 0.717) is 13.0 Å². The van der Waals surface area contributed by atoms with Crippen LogP contribution in [0.5, 0.6) is 5.75 Å². The molecule has 0 aliphatic carbocycles. The van der Waals surface area contributed by atoms with Crippen LogP contribution in [0.2, 0.25) is 0 Å². The molecule has 6 rings (SSSR count). The first-order valence-electron chi connectivity index (χ1n) is 12.3. The Morgan fingerprint density at radius 1 is 1.26 bits per heavy atom. The lowest BCUT2D eigenvalue weighted by atomic mass is 10.0. The number of para-hydroxylation sites is 1. The molecule has 2 aromatic heterocycles. The molecule has 2 unspecified atom stereocenters. The zero-order chi connectivity index (χ0) is 26.7. The molecule has 2 aliphatic rings. The van der Waals surface area contributed by atoms with Crippen LogP contribution in [0.3, 0.4) is 0 Å². The molecule has 2 aliphatic heterocycles. The van der Waals surface area contributed by atoms with E-state index in [0.717, 1.165) is 28.2 Å². The van der Waals surface area contributed by atoms with Gasteiger partial charge in [-0.25, -0.2) is 4.39 Å². The van der Waals surface area contributed by atoms with Crippen molar-refractivity contribution in [3.05, 3.63) is 75.2 Å². The molecule has 2 atom stereocenters. The summed E-state index contributed by atoms with van der Waals surface area (Å²) in [5.41, 5.74) is 1.86. The van der Waals surface area contributed by atoms with Gasteiger partial charge in [0.15, 0.2) is 11.6 Å². The van der Waals surface area contributed by atoms with Gasteiger partial charge in [0.25, 0.3) is 5.91 Å². The van der Waals surface area contributed by atoms with Gasteiger partial charge in [0.05, 0.1) is 30.1 Å². The van der Waals surface area contributed by atoms with Crippen LogP contribution in [-0.4, -0.2) is 57.2 Å². The Kier molecular flexibility index (Phi) is 5.68. The minimum atomic E-state index is -1.30. The maximum atomic E-state index is 14.3. The molecular formula is C27H24F2N4O5. The number of benzene rings is 2. The number of aliphatic hydroxyl groups is 1. The number of hydrogen-bond donors (Lipinski definition) is 3. The van der Waals surface area contributed by atoms with Gasteiger partial charge in [0.1, 0.15) is 18.2 Å². The standard InChI is InChI=1S/C27H24F2N4O5/c1-13-12-38-25-22(29)18(28)8-16-23(25)33(13)9-17(24(16)35)26(36)31-21(11-34)27(37)32-7-6-15-14-4-2-3-5-19(14)30-20(15)10-32/h2-5,8-9,13,21,30,34H,6-7,10-12H2,1H3,(H,31,36). The normalized spacial score (nSPS) is 17.3. The summed E-state index contributed by atoms with van der Waals surface area (Å²) in [6.45, 7) is 1.74. The van der Waals surface area contributed by atoms with E-state index in [1.807, 2.05) is 24.3 Å². The van der Waals surface area contributed by atoms with Gasteiger partial charge in [-0.05, 0) is 31.0 Å². The fourth-order valence-electron chi connectivity index (χ4n) is 5.38. The van der Waals surface area contributed by atoms with E-state index in [2.05, 4.69) is 10.3 Å². The monoisotopic (exact) mass is 522 g/mol. The Labute approximate surface area is 214 Å². The number of carbonyl (C=O) groups is 2. The number of nitrogens with one attached hydrogen (secondary N) is 2. The van der Waals surface area contributed by atoms with E-state index in [1.54, 1.807) is 11.8 Å². The molecule has 3 N–H and O–H groups in total. The molecule has 4 aromatic rings. The molecule has 0 saturated heterocycles. The molecule has 0 bridgehead atoms. The van der Waals surface area contributed by atoms with Gasteiger partial charge in [-0.3, -0.25) is 14.4 Å². The van der Waals surface area contributed by atoms with E-state index in [9.17, 15) is 28.3 Å². The molecule has 0 saturated carbocycles. The third kappa shape index (κ3) is 3.65. The summed E-state index contributed by atoms with van der Waals surface area (Å²) >= 11 is 0. The van der Waals surface area contributed by atoms with Crippen molar-refractivity contribution >= 4 is 33.6 Å². The molecular weight excluding hydrogens is 498 g/mol. The largest absolute Gasteiger partial charge is 0.486 e. The van der Waals surface area contributed by atoms with Crippen molar-refractivity contribution < 1.29 is 28.2 Å². The van der Waals surface area contributed by atoms with E-state index in [-0.39, 0.29) is 41.4 Å². The van der Waals surface area contributed by atoms with Crippen molar-refractivity contribution in [2.45, 2.75) is 32.0 Å². The molecule has 0 fully saturated rings. The Morgan fingerprint density at radius 3 is 2.84 bits per heavy atom. The highest BCUT2D eigenvalue weighted by Crippen LogP contribution is 2.35. The first kappa shape index (κ1) is 24.1. The van der Waals surface area contributed by atoms with Gasteiger partial charge >= 0.3 is 0 Å². The number of fused-ring (bicyclic) bond motifs is 3. The summed E-state index contributed by atoms with van der Waals surface area (Å²) in [6.07, 6.45) is 1.86. The second kappa shape index (κ2) is 8.95. The van der Waals surface area contributed by atoms with E-state index in [4.69, 9.17) is 4.74 Å². The summed E-state index contributed by atoms with van der Waals surface area (Å²) in [5, 5.41) is 13.3. The van der Waals surface area contributed by atoms with E-state index in [1.165, 1.54) is 10.8 Å². The van der Waals surface area contributed by atoms with Crippen molar-refractivity contribution in [3.63, 3.8) is 0 Å². The summed E-state index contributed by atoms with van der Waals surface area (Å²) in [4.78, 5) is 44.5. The minimum Gasteiger partial charge on any atom is -0.486 e. The molecule has 9 nitrogen and oxygen atoms in total. The molecule has 11 heteroatoms. The second-order valence-electron chi connectivity index (χ2n) is 9.68. The van der Waals surface area contributed by atoms with Crippen molar-refractivity contribution in [3.8, 4) is 5.75 Å². The van der Waals surface area contributed by atoms with Crippen LogP contribution in [0.15, 0.2) is 41.3 Å². The zero-order valence-corrected chi connectivity index (χ0v) is 20.4. The van der Waals surface area contributed by atoms with Gasteiger partial charge in [-0.2, -0.15) is 4.39 Å². The average Bonchev–Trinajstić information content (AvgIpc) is 3.29. The second-order valence-corrected chi connectivity index (χ2v) is 9.68. The molecule has 2 amide bonds. The first-order valence-corrected chi connectivity index (χ1v) is 12.3. The molecule has 4 heterocycles. The summed E-state index contributed by atoms with van der Waals surface area (Å²) in [7, 11) is 0. The van der Waals surface area contributed by atoms with Crippen molar-refractivity contribution in [1.29, 1.82) is 0 Å². The number of carbonyl (C=O) groups excluding carboxylic acids is 2. The Morgan fingerprint density at radius 2 is 2.05 bits per heavy atom. The lowest BCUT2D eigenvalue weighted by Crippen LogP contribution is -2.52. The van der Waals surface area contributed by atoms with Crippen LogP contribution in [0.4, 0.5) is 8.78 Å². The number of ether oxygens (including phenoxy) is 1. The number of rotatable bonds is 4. The van der Waals surface area contributed by atoms with Crippen molar-refractivity contribution in [2.24, 2.45) is 0 Å². The van der Waals surface area contributed by atoms with E-state index >= 15 is 0 Å². The number of aromatic nitrogens is 2.